The van der Waals surface area contributed by atoms with Crippen LogP contribution in [0.25, 0.3) is 10.9 Å². The standard InChI is InChI=1S/C31H30N4O4/c36-29(33-26-15-7-5-13-23(26)30(37)34-16-8-9-17-34)28-18-24-22-12-4-6-14-25(22)32-27(24)19-35(28)31(38)39-20-21-10-2-1-3-11-21/h1-7,10-15,28,32H,8-9,16-20H2,(H,33,36)/t28-/m0/s1. The average molecular weight is 523 g/mol. The Kier molecular flexibility index (Phi) is 6.75. The molecule has 1 atom stereocenters. The topological polar surface area (TPSA) is 94.7 Å². The normalized spacial score (nSPS) is 16.7. The van der Waals surface area contributed by atoms with Gasteiger partial charge >= 0.3 is 6.09 Å². The van der Waals surface area contributed by atoms with Crippen LogP contribution in [0.2, 0.25) is 0 Å². The molecular weight excluding hydrogens is 492 g/mol. The smallest absolute Gasteiger partial charge is 0.411 e. The minimum atomic E-state index is -0.810. The fourth-order valence-corrected chi connectivity index (χ4v) is 5.52. The van der Waals surface area contributed by atoms with Gasteiger partial charge in [-0.2, -0.15) is 0 Å². The van der Waals surface area contributed by atoms with Gasteiger partial charge in [-0.05, 0) is 42.2 Å². The number of fused-ring (bicyclic) bond motifs is 3. The quantitative estimate of drug-likeness (QED) is 0.381. The molecule has 6 rings (SSSR count). The Morgan fingerprint density at radius 2 is 1.62 bits per heavy atom. The number of hydrogen-bond acceptors (Lipinski definition) is 4. The van der Waals surface area contributed by atoms with Crippen LogP contribution < -0.4 is 5.32 Å². The van der Waals surface area contributed by atoms with Crippen molar-refractivity contribution in [3.8, 4) is 0 Å². The molecule has 1 aromatic heterocycles. The molecule has 1 fully saturated rings. The highest BCUT2D eigenvalue weighted by Crippen LogP contribution is 2.32. The molecule has 0 radical (unpaired) electrons. The largest absolute Gasteiger partial charge is 0.445 e. The summed E-state index contributed by atoms with van der Waals surface area (Å²) < 4.78 is 5.65. The minimum absolute atomic E-state index is 0.0925. The number of nitrogens with one attached hydrogen (secondary N) is 2. The summed E-state index contributed by atoms with van der Waals surface area (Å²) in [6.45, 7) is 1.75. The number of benzene rings is 3. The lowest BCUT2D eigenvalue weighted by Gasteiger charge is -2.34. The maximum absolute atomic E-state index is 13.8. The zero-order valence-electron chi connectivity index (χ0n) is 21.6. The number of hydrogen-bond donors (Lipinski definition) is 2. The van der Waals surface area contributed by atoms with E-state index < -0.39 is 12.1 Å². The number of anilines is 1. The number of ether oxygens (including phenoxy) is 1. The van der Waals surface area contributed by atoms with Gasteiger partial charge in [0.15, 0.2) is 0 Å². The van der Waals surface area contributed by atoms with E-state index in [1.54, 1.807) is 24.3 Å². The molecule has 1 saturated heterocycles. The van der Waals surface area contributed by atoms with Crippen LogP contribution in [0.15, 0.2) is 78.9 Å². The van der Waals surface area contributed by atoms with Gasteiger partial charge in [0.2, 0.25) is 5.91 Å². The Morgan fingerprint density at radius 3 is 2.44 bits per heavy atom. The SMILES string of the molecule is O=C(Nc1ccccc1C(=O)N1CCCC1)[C@@H]1Cc2c([nH]c3ccccc23)CN1C(=O)OCc1ccccc1. The highest BCUT2D eigenvalue weighted by molar-refractivity contribution is 6.05. The number of H-pyrrole nitrogens is 1. The maximum atomic E-state index is 13.8. The molecule has 0 unspecified atom stereocenters. The van der Waals surface area contributed by atoms with E-state index in [2.05, 4.69) is 10.3 Å². The molecule has 8 heteroatoms. The fraction of sp³-hybridized carbons (Fsp3) is 0.258. The summed E-state index contributed by atoms with van der Waals surface area (Å²) in [5.74, 6) is -0.450. The van der Waals surface area contributed by atoms with Crippen molar-refractivity contribution in [2.24, 2.45) is 0 Å². The van der Waals surface area contributed by atoms with Crippen LogP contribution >= 0.6 is 0 Å². The van der Waals surface area contributed by atoms with E-state index in [1.165, 1.54) is 4.90 Å². The molecule has 2 aliphatic heterocycles. The van der Waals surface area contributed by atoms with Gasteiger partial charge in [-0.15, -0.1) is 0 Å². The van der Waals surface area contributed by atoms with Crippen LogP contribution in [0.4, 0.5) is 10.5 Å². The van der Waals surface area contributed by atoms with Crippen molar-refractivity contribution in [1.29, 1.82) is 0 Å². The first-order valence-electron chi connectivity index (χ1n) is 13.3. The first-order valence-corrected chi connectivity index (χ1v) is 13.3. The highest BCUT2D eigenvalue weighted by Gasteiger charge is 2.38. The first kappa shape index (κ1) is 24.7. The van der Waals surface area contributed by atoms with Gasteiger partial charge in [0.05, 0.1) is 17.8 Å². The lowest BCUT2D eigenvalue weighted by molar-refractivity contribution is -0.121. The zero-order valence-corrected chi connectivity index (χ0v) is 21.6. The predicted molar refractivity (Wildman–Crippen MR) is 148 cm³/mol. The second-order valence-corrected chi connectivity index (χ2v) is 10.0. The van der Waals surface area contributed by atoms with E-state index in [0.717, 1.165) is 40.6 Å². The zero-order chi connectivity index (χ0) is 26.8. The molecule has 2 N–H and O–H groups in total. The number of amides is 3. The number of aromatic amines is 1. The molecule has 0 aliphatic carbocycles. The van der Waals surface area contributed by atoms with E-state index in [-0.39, 0.29) is 25.0 Å². The predicted octanol–water partition coefficient (Wildman–Crippen LogP) is 5.11. The summed E-state index contributed by atoms with van der Waals surface area (Å²) in [5.41, 5.74) is 4.63. The Morgan fingerprint density at radius 1 is 0.897 bits per heavy atom. The Labute approximate surface area is 226 Å². The molecule has 3 aromatic carbocycles. The van der Waals surface area contributed by atoms with Gasteiger partial charge < -0.3 is 19.9 Å². The third kappa shape index (κ3) is 4.97. The molecule has 2 aliphatic rings. The van der Waals surface area contributed by atoms with Crippen molar-refractivity contribution in [3.05, 3.63) is 101 Å². The lowest BCUT2D eigenvalue weighted by Crippen LogP contribution is -2.50. The summed E-state index contributed by atoms with van der Waals surface area (Å²) in [4.78, 5) is 47.1. The van der Waals surface area contributed by atoms with E-state index in [4.69, 9.17) is 4.74 Å². The molecule has 0 saturated carbocycles. The first-order chi connectivity index (χ1) is 19.1. The summed E-state index contributed by atoms with van der Waals surface area (Å²) in [6, 6.07) is 23.6. The van der Waals surface area contributed by atoms with Crippen LogP contribution in [-0.4, -0.2) is 51.8 Å². The minimum Gasteiger partial charge on any atom is -0.445 e. The number of rotatable bonds is 5. The Bertz CT molecular complexity index is 1520. The van der Waals surface area contributed by atoms with Crippen molar-refractivity contribution in [2.45, 2.75) is 38.5 Å². The van der Waals surface area contributed by atoms with Gasteiger partial charge in [-0.1, -0.05) is 60.7 Å². The Balaban J connectivity index is 1.28. The lowest BCUT2D eigenvalue weighted by atomic mass is 9.96. The summed E-state index contributed by atoms with van der Waals surface area (Å²) in [7, 11) is 0. The van der Waals surface area contributed by atoms with Crippen LogP contribution in [-0.2, 0) is 29.1 Å². The maximum Gasteiger partial charge on any atom is 0.411 e. The number of aromatic nitrogens is 1. The van der Waals surface area contributed by atoms with Gasteiger partial charge in [0.1, 0.15) is 12.6 Å². The number of likely N-dealkylation sites (tertiary alicyclic amines) is 1. The van der Waals surface area contributed by atoms with E-state index >= 15 is 0 Å². The molecule has 39 heavy (non-hydrogen) atoms. The average Bonchev–Trinajstić information content (AvgIpc) is 3.64. The van der Waals surface area contributed by atoms with Crippen LogP contribution in [0.1, 0.15) is 40.0 Å². The number of nitrogens with zero attached hydrogens (tertiary/aromatic N) is 2. The van der Waals surface area contributed by atoms with Crippen molar-refractivity contribution >= 4 is 34.5 Å². The molecule has 0 bridgehead atoms. The molecule has 4 aromatic rings. The van der Waals surface area contributed by atoms with E-state index in [0.29, 0.717) is 30.8 Å². The Hall–Kier alpha value is -4.59. The van der Waals surface area contributed by atoms with Crippen molar-refractivity contribution in [1.82, 2.24) is 14.8 Å². The molecule has 198 valence electrons. The van der Waals surface area contributed by atoms with Crippen LogP contribution in [0, 0.1) is 0 Å². The third-order valence-corrected chi connectivity index (χ3v) is 7.56. The summed E-state index contributed by atoms with van der Waals surface area (Å²) in [6.07, 6.45) is 1.73. The number of para-hydroxylation sites is 2. The van der Waals surface area contributed by atoms with Crippen LogP contribution in [0.5, 0.6) is 0 Å². The van der Waals surface area contributed by atoms with Crippen molar-refractivity contribution in [3.63, 3.8) is 0 Å². The van der Waals surface area contributed by atoms with Crippen molar-refractivity contribution < 1.29 is 19.1 Å². The fourth-order valence-electron chi connectivity index (χ4n) is 5.52. The monoisotopic (exact) mass is 522 g/mol. The number of carbonyl (C=O) groups excluding carboxylic acids is 3. The highest BCUT2D eigenvalue weighted by atomic mass is 16.6. The summed E-state index contributed by atoms with van der Waals surface area (Å²) >= 11 is 0. The second kappa shape index (κ2) is 10.6. The molecule has 3 amide bonds. The molecule has 3 heterocycles. The molecule has 8 nitrogen and oxygen atoms in total. The number of carbonyl (C=O) groups is 3. The van der Waals surface area contributed by atoms with Gasteiger partial charge in [0, 0.05) is 36.1 Å². The second-order valence-electron chi connectivity index (χ2n) is 10.0. The van der Waals surface area contributed by atoms with Crippen LogP contribution in [0.3, 0.4) is 0 Å². The van der Waals surface area contributed by atoms with E-state index in [9.17, 15) is 14.4 Å². The van der Waals surface area contributed by atoms with Crippen molar-refractivity contribution in [2.75, 3.05) is 18.4 Å². The van der Waals surface area contributed by atoms with Gasteiger partial charge in [-0.3, -0.25) is 14.5 Å². The van der Waals surface area contributed by atoms with Gasteiger partial charge in [-0.25, -0.2) is 4.79 Å². The molecule has 0 spiro atoms. The van der Waals surface area contributed by atoms with E-state index in [1.807, 2.05) is 59.5 Å². The summed E-state index contributed by atoms with van der Waals surface area (Å²) in [5, 5.41) is 4.00. The third-order valence-electron chi connectivity index (χ3n) is 7.56. The molecular formula is C31H30N4O4. The van der Waals surface area contributed by atoms with Gasteiger partial charge in [0.25, 0.3) is 5.91 Å².